The van der Waals surface area contributed by atoms with Gasteiger partial charge in [0.25, 0.3) is 0 Å². The molecule has 0 aliphatic heterocycles. The molecule has 1 aromatic rings. The van der Waals surface area contributed by atoms with Crippen molar-refractivity contribution in [1.82, 2.24) is 4.98 Å². The minimum atomic E-state index is 0.342. The number of nitrogens with one attached hydrogen (secondary N) is 1. The largest absolute Gasteiger partial charge is 0.388 e. The second-order valence-corrected chi connectivity index (χ2v) is 4.74. The summed E-state index contributed by atoms with van der Waals surface area (Å²) >= 11 is 4.98. The van der Waals surface area contributed by atoms with Crippen molar-refractivity contribution < 1.29 is 0 Å². The average molecular weight is 251 g/mol. The molecule has 0 saturated heterocycles. The summed E-state index contributed by atoms with van der Waals surface area (Å²) in [5.41, 5.74) is 7.26. The fourth-order valence-corrected chi connectivity index (χ4v) is 1.92. The van der Waals surface area contributed by atoms with E-state index in [4.69, 9.17) is 18.0 Å². The standard InChI is InChI=1S/C13H21N3S/c1-3-4-5-7-10(2)16-11-8-6-9-15-12(11)13(14)17/h6,8-10,16H,3-5,7H2,1-2H3,(H2,14,17). The van der Waals surface area contributed by atoms with E-state index >= 15 is 0 Å². The summed E-state index contributed by atoms with van der Waals surface area (Å²) in [6.45, 7) is 4.39. The molecule has 0 aliphatic rings. The van der Waals surface area contributed by atoms with Crippen LogP contribution in [0.2, 0.25) is 0 Å². The first kappa shape index (κ1) is 13.9. The van der Waals surface area contributed by atoms with Gasteiger partial charge in [-0.05, 0) is 25.5 Å². The van der Waals surface area contributed by atoms with Crippen molar-refractivity contribution in [2.24, 2.45) is 5.73 Å². The first-order valence-electron chi connectivity index (χ1n) is 6.16. The lowest BCUT2D eigenvalue weighted by atomic mass is 10.1. The van der Waals surface area contributed by atoms with Gasteiger partial charge in [-0.15, -0.1) is 0 Å². The number of nitrogens with zero attached hydrogens (tertiary/aromatic N) is 1. The molecule has 94 valence electrons. The number of thiocarbonyl (C=S) groups is 1. The summed E-state index contributed by atoms with van der Waals surface area (Å²) < 4.78 is 0. The molecule has 0 fully saturated rings. The van der Waals surface area contributed by atoms with Gasteiger partial charge in [-0.25, -0.2) is 0 Å². The smallest absolute Gasteiger partial charge is 0.124 e. The fraction of sp³-hybridized carbons (Fsp3) is 0.538. The molecule has 1 aromatic heterocycles. The van der Waals surface area contributed by atoms with Crippen LogP contribution in [-0.4, -0.2) is 16.0 Å². The molecule has 0 saturated carbocycles. The van der Waals surface area contributed by atoms with Crippen LogP contribution in [0.1, 0.15) is 45.2 Å². The number of rotatable bonds is 7. The van der Waals surface area contributed by atoms with E-state index in [1.807, 2.05) is 12.1 Å². The zero-order valence-electron chi connectivity index (χ0n) is 10.6. The van der Waals surface area contributed by atoms with Crippen molar-refractivity contribution in [2.45, 2.75) is 45.6 Å². The second kappa shape index (κ2) is 7.22. The highest BCUT2D eigenvalue weighted by Gasteiger charge is 2.08. The highest BCUT2D eigenvalue weighted by molar-refractivity contribution is 7.80. The van der Waals surface area contributed by atoms with Gasteiger partial charge in [0.2, 0.25) is 0 Å². The molecule has 0 spiro atoms. The summed E-state index contributed by atoms with van der Waals surface area (Å²) in [6.07, 6.45) is 6.63. The highest BCUT2D eigenvalue weighted by Crippen LogP contribution is 2.15. The van der Waals surface area contributed by atoms with Gasteiger partial charge < -0.3 is 11.1 Å². The predicted molar refractivity (Wildman–Crippen MR) is 77.4 cm³/mol. The van der Waals surface area contributed by atoms with Crippen LogP contribution < -0.4 is 11.1 Å². The first-order chi connectivity index (χ1) is 8.15. The molecule has 0 amide bonds. The van der Waals surface area contributed by atoms with Crippen LogP contribution >= 0.6 is 12.2 Å². The molecule has 3 N–H and O–H groups in total. The zero-order valence-corrected chi connectivity index (χ0v) is 11.4. The van der Waals surface area contributed by atoms with E-state index in [9.17, 15) is 0 Å². The molecule has 1 unspecified atom stereocenters. The van der Waals surface area contributed by atoms with E-state index in [-0.39, 0.29) is 0 Å². The predicted octanol–water partition coefficient (Wildman–Crippen LogP) is 3.10. The van der Waals surface area contributed by atoms with Crippen LogP contribution in [0, 0.1) is 0 Å². The molecule has 4 heteroatoms. The molecule has 0 aromatic carbocycles. The third-order valence-electron chi connectivity index (χ3n) is 2.68. The van der Waals surface area contributed by atoms with Gasteiger partial charge in [-0.2, -0.15) is 0 Å². The van der Waals surface area contributed by atoms with E-state index in [1.165, 1.54) is 19.3 Å². The Morgan fingerprint density at radius 3 is 2.94 bits per heavy atom. The molecule has 17 heavy (non-hydrogen) atoms. The van der Waals surface area contributed by atoms with Gasteiger partial charge in [0.15, 0.2) is 0 Å². The molecule has 0 radical (unpaired) electrons. The van der Waals surface area contributed by atoms with Crippen molar-refractivity contribution in [2.75, 3.05) is 5.32 Å². The molecule has 1 heterocycles. The molecule has 0 aliphatic carbocycles. The van der Waals surface area contributed by atoms with Crippen LogP contribution in [0.25, 0.3) is 0 Å². The SMILES string of the molecule is CCCCCC(C)Nc1cccnc1C(N)=S. The molecule has 3 nitrogen and oxygen atoms in total. The maximum Gasteiger partial charge on any atom is 0.124 e. The Morgan fingerprint density at radius 1 is 1.53 bits per heavy atom. The van der Waals surface area contributed by atoms with Gasteiger partial charge in [0.1, 0.15) is 10.7 Å². The van der Waals surface area contributed by atoms with Gasteiger partial charge in [0.05, 0.1) is 5.69 Å². The van der Waals surface area contributed by atoms with Crippen LogP contribution in [0.5, 0.6) is 0 Å². The van der Waals surface area contributed by atoms with Gasteiger partial charge in [-0.1, -0.05) is 38.4 Å². The molecule has 0 bridgehead atoms. The van der Waals surface area contributed by atoms with Crippen molar-refractivity contribution in [3.8, 4) is 0 Å². The maximum absolute atomic E-state index is 5.64. The Kier molecular flexibility index (Phi) is 5.91. The molecule has 1 rings (SSSR count). The lowest BCUT2D eigenvalue weighted by Crippen LogP contribution is -2.20. The van der Waals surface area contributed by atoms with Gasteiger partial charge >= 0.3 is 0 Å². The van der Waals surface area contributed by atoms with Gasteiger partial charge in [0, 0.05) is 12.2 Å². The fourth-order valence-electron chi connectivity index (χ4n) is 1.76. The van der Waals surface area contributed by atoms with Crippen molar-refractivity contribution in [3.05, 3.63) is 24.0 Å². The summed E-state index contributed by atoms with van der Waals surface area (Å²) in [5.74, 6) is 0. The zero-order chi connectivity index (χ0) is 12.7. The number of hydrogen-bond acceptors (Lipinski definition) is 3. The lowest BCUT2D eigenvalue weighted by molar-refractivity contribution is 0.615. The van der Waals surface area contributed by atoms with Crippen LogP contribution in [0.3, 0.4) is 0 Å². The number of anilines is 1. The third-order valence-corrected chi connectivity index (χ3v) is 2.88. The van der Waals surface area contributed by atoms with E-state index < -0.39 is 0 Å². The van der Waals surface area contributed by atoms with Crippen LogP contribution in [0.15, 0.2) is 18.3 Å². The lowest BCUT2D eigenvalue weighted by Gasteiger charge is -2.16. The number of unbranched alkanes of at least 4 members (excludes halogenated alkanes) is 2. The van der Waals surface area contributed by atoms with Gasteiger partial charge in [-0.3, -0.25) is 4.98 Å². The van der Waals surface area contributed by atoms with Crippen molar-refractivity contribution >= 4 is 22.9 Å². The number of pyridine rings is 1. The first-order valence-corrected chi connectivity index (χ1v) is 6.57. The topological polar surface area (TPSA) is 50.9 Å². The van der Waals surface area contributed by atoms with Crippen molar-refractivity contribution in [3.63, 3.8) is 0 Å². The van der Waals surface area contributed by atoms with E-state index in [0.717, 1.165) is 12.1 Å². The van der Waals surface area contributed by atoms with E-state index in [0.29, 0.717) is 16.7 Å². The summed E-state index contributed by atoms with van der Waals surface area (Å²) in [7, 11) is 0. The Bertz CT molecular complexity index is 365. The van der Waals surface area contributed by atoms with E-state index in [1.54, 1.807) is 6.20 Å². The molecular formula is C13H21N3S. The minimum absolute atomic E-state index is 0.342. The quantitative estimate of drug-likeness (QED) is 0.577. The second-order valence-electron chi connectivity index (χ2n) is 4.30. The Morgan fingerprint density at radius 2 is 2.29 bits per heavy atom. The maximum atomic E-state index is 5.64. The number of nitrogens with two attached hydrogens (primary N) is 1. The molecule has 1 atom stereocenters. The van der Waals surface area contributed by atoms with Crippen molar-refractivity contribution in [1.29, 1.82) is 0 Å². The summed E-state index contributed by atoms with van der Waals surface area (Å²) in [5, 5.41) is 3.42. The Balaban J connectivity index is 2.58. The monoisotopic (exact) mass is 251 g/mol. The van der Waals surface area contributed by atoms with Crippen LogP contribution in [0.4, 0.5) is 5.69 Å². The molecular weight excluding hydrogens is 230 g/mol. The third kappa shape index (κ3) is 4.69. The Labute approximate surface area is 109 Å². The summed E-state index contributed by atoms with van der Waals surface area (Å²) in [6, 6.07) is 4.28. The Hall–Kier alpha value is -1.16. The van der Waals surface area contributed by atoms with E-state index in [2.05, 4.69) is 24.1 Å². The highest BCUT2D eigenvalue weighted by atomic mass is 32.1. The number of aromatic nitrogens is 1. The van der Waals surface area contributed by atoms with Crippen LogP contribution in [-0.2, 0) is 0 Å². The average Bonchev–Trinajstić information content (AvgIpc) is 2.29. The summed E-state index contributed by atoms with van der Waals surface area (Å²) in [4.78, 5) is 4.54. The minimum Gasteiger partial charge on any atom is -0.388 e. The number of hydrogen-bond donors (Lipinski definition) is 2. The normalized spacial score (nSPS) is 12.1.